The van der Waals surface area contributed by atoms with E-state index in [-0.39, 0.29) is 17.0 Å². The fourth-order valence-corrected chi connectivity index (χ4v) is 3.51. The fourth-order valence-electron chi connectivity index (χ4n) is 3.51. The van der Waals surface area contributed by atoms with Crippen LogP contribution in [0.4, 0.5) is 0 Å². The number of nitrogens with zero attached hydrogens (tertiary/aromatic N) is 1. The van der Waals surface area contributed by atoms with E-state index in [1.54, 1.807) is 11.0 Å². The van der Waals surface area contributed by atoms with Crippen molar-refractivity contribution in [1.82, 2.24) is 9.88 Å². The summed E-state index contributed by atoms with van der Waals surface area (Å²) in [5.74, 6) is 1.10. The molecule has 4 rings (SSSR count). The molecule has 1 aromatic heterocycles. The van der Waals surface area contributed by atoms with Gasteiger partial charge in [-0.1, -0.05) is 36.4 Å². The molecule has 138 valence electrons. The monoisotopic (exact) mass is 362 g/mol. The number of aromatic nitrogens is 1. The summed E-state index contributed by atoms with van der Waals surface area (Å²) in [6.45, 7) is 1.95. The van der Waals surface area contributed by atoms with E-state index < -0.39 is 0 Å². The summed E-state index contributed by atoms with van der Waals surface area (Å²) >= 11 is 0. The highest BCUT2D eigenvalue weighted by molar-refractivity contribution is 5.97. The van der Waals surface area contributed by atoms with E-state index in [0.29, 0.717) is 25.6 Å². The summed E-state index contributed by atoms with van der Waals surface area (Å²) in [7, 11) is 0. The Morgan fingerprint density at radius 1 is 1.04 bits per heavy atom. The first-order chi connectivity index (χ1) is 13.2. The van der Waals surface area contributed by atoms with Crippen molar-refractivity contribution >= 4 is 16.8 Å². The molecule has 1 N–H and O–H groups in total. The maximum Gasteiger partial charge on any atom is 0.261 e. The van der Waals surface area contributed by atoms with E-state index in [2.05, 4.69) is 4.98 Å². The number of amides is 1. The van der Waals surface area contributed by atoms with Crippen LogP contribution in [0.15, 0.2) is 65.5 Å². The fraction of sp³-hybridized carbons (Fsp3) is 0.273. The predicted molar refractivity (Wildman–Crippen MR) is 105 cm³/mol. The van der Waals surface area contributed by atoms with Gasteiger partial charge in [0.15, 0.2) is 0 Å². The predicted octanol–water partition coefficient (Wildman–Crippen LogP) is 3.46. The molecule has 0 atom stereocenters. The number of piperidine rings is 1. The second-order valence-electron chi connectivity index (χ2n) is 6.96. The Hall–Kier alpha value is -3.08. The van der Waals surface area contributed by atoms with Gasteiger partial charge in [-0.25, -0.2) is 0 Å². The Morgan fingerprint density at radius 2 is 1.74 bits per heavy atom. The van der Waals surface area contributed by atoms with Crippen molar-refractivity contribution in [3.63, 3.8) is 0 Å². The Kier molecular flexibility index (Phi) is 4.92. The number of H-pyrrole nitrogens is 1. The van der Waals surface area contributed by atoms with Crippen LogP contribution >= 0.6 is 0 Å². The SMILES string of the molecule is O=C(c1cc2ccccc2[nH]c1=O)N1CCC(COc2ccccc2)CC1. The lowest BCUT2D eigenvalue weighted by atomic mass is 9.97. The normalized spacial score (nSPS) is 15.0. The van der Waals surface area contributed by atoms with Crippen LogP contribution in [0.2, 0.25) is 0 Å². The van der Waals surface area contributed by atoms with Crippen molar-refractivity contribution in [2.75, 3.05) is 19.7 Å². The Bertz CT molecular complexity index is 989. The average Bonchev–Trinajstić information content (AvgIpc) is 2.72. The minimum Gasteiger partial charge on any atom is -0.493 e. The van der Waals surface area contributed by atoms with Gasteiger partial charge in [-0.2, -0.15) is 0 Å². The van der Waals surface area contributed by atoms with Crippen molar-refractivity contribution < 1.29 is 9.53 Å². The molecule has 5 nitrogen and oxygen atoms in total. The van der Waals surface area contributed by atoms with Crippen LogP contribution in [-0.2, 0) is 0 Å². The molecule has 0 radical (unpaired) electrons. The van der Waals surface area contributed by atoms with E-state index in [1.807, 2.05) is 54.6 Å². The Balaban J connectivity index is 1.39. The molecule has 2 heterocycles. The van der Waals surface area contributed by atoms with E-state index in [4.69, 9.17) is 4.74 Å². The molecule has 1 aliphatic rings. The summed E-state index contributed by atoms with van der Waals surface area (Å²) in [5.41, 5.74) is 0.636. The molecule has 0 spiro atoms. The number of fused-ring (bicyclic) bond motifs is 1. The van der Waals surface area contributed by atoms with Crippen LogP contribution in [0.25, 0.3) is 10.9 Å². The molecule has 1 saturated heterocycles. The van der Waals surface area contributed by atoms with Crippen molar-refractivity contribution in [2.45, 2.75) is 12.8 Å². The number of hydrogen-bond acceptors (Lipinski definition) is 3. The molecule has 0 unspecified atom stereocenters. The average molecular weight is 362 g/mol. The molecule has 0 aliphatic carbocycles. The van der Waals surface area contributed by atoms with Gasteiger partial charge in [0.05, 0.1) is 6.61 Å². The van der Waals surface area contributed by atoms with Crippen LogP contribution in [0.3, 0.4) is 0 Å². The van der Waals surface area contributed by atoms with Gasteiger partial charge in [0.1, 0.15) is 11.3 Å². The Labute approximate surface area is 157 Å². The van der Waals surface area contributed by atoms with Gasteiger partial charge in [0.2, 0.25) is 0 Å². The molecule has 1 aliphatic heterocycles. The number of carbonyl (C=O) groups is 1. The van der Waals surface area contributed by atoms with Gasteiger partial charge in [-0.05, 0) is 48.4 Å². The number of rotatable bonds is 4. The largest absolute Gasteiger partial charge is 0.493 e. The molecule has 2 aromatic carbocycles. The number of likely N-dealkylation sites (tertiary alicyclic amines) is 1. The van der Waals surface area contributed by atoms with Gasteiger partial charge in [0, 0.05) is 18.6 Å². The molecule has 27 heavy (non-hydrogen) atoms. The highest BCUT2D eigenvalue weighted by Crippen LogP contribution is 2.21. The maximum atomic E-state index is 12.8. The van der Waals surface area contributed by atoms with E-state index in [9.17, 15) is 9.59 Å². The summed E-state index contributed by atoms with van der Waals surface area (Å²) in [6, 6.07) is 19.0. The first-order valence-electron chi connectivity index (χ1n) is 9.30. The number of para-hydroxylation sites is 2. The topological polar surface area (TPSA) is 62.4 Å². The summed E-state index contributed by atoms with van der Waals surface area (Å²) in [6.07, 6.45) is 1.76. The number of aromatic amines is 1. The summed E-state index contributed by atoms with van der Waals surface area (Å²) in [4.78, 5) is 29.7. The number of ether oxygens (including phenoxy) is 1. The number of benzene rings is 2. The van der Waals surface area contributed by atoms with Crippen LogP contribution in [0, 0.1) is 5.92 Å². The summed E-state index contributed by atoms with van der Waals surface area (Å²) < 4.78 is 5.83. The Morgan fingerprint density at radius 3 is 2.52 bits per heavy atom. The third kappa shape index (κ3) is 3.87. The minimum atomic E-state index is -0.326. The third-order valence-corrected chi connectivity index (χ3v) is 5.11. The van der Waals surface area contributed by atoms with E-state index in [1.165, 1.54) is 0 Å². The molecule has 1 fully saturated rings. The first-order valence-corrected chi connectivity index (χ1v) is 9.30. The lowest BCUT2D eigenvalue weighted by Gasteiger charge is -2.31. The van der Waals surface area contributed by atoms with Crippen molar-refractivity contribution in [3.05, 3.63) is 76.6 Å². The van der Waals surface area contributed by atoms with Crippen molar-refractivity contribution in [2.24, 2.45) is 5.92 Å². The quantitative estimate of drug-likeness (QED) is 0.773. The molecular weight excluding hydrogens is 340 g/mol. The van der Waals surface area contributed by atoms with Gasteiger partial charge in [-0.15, -0.1) is 0 Å². The highest BCUT2D eigenvalue weighted by Gasteiger charge is 2.25. The first kappa shape index (κ1) is 17.3. The number of pyridine rings is 1. The molecule has 5 heteroatoms. The zero-order valence-corrected chi connectivity index (χ0v) is 15.1. The van der Waals surface area contributed by atoms with Gasteiger partial charge < -0.3 is 14.6 Å². The van der Waals surface area contributed by atoms with Gasteiger partial charge in [-0.3, -0.25) is 9.59 Å². The second kappa shape index (κ2) is 7.66. The number of nitrogens with one attached hydrogen (secondary N) is 1. The summed E-state index contributed by atoms with van der Waals surface area (Å²) in [5, 5.41) is 0.867. The molecular formula is C22H22N2O3. The third-order valence-electron chi connectivity index (χ3n) is 5.11. The molecule has 0 saturated carbocycles. The van der Waals surface area contributed by atoms with Crippen molar-refractivity contribution in [3.8, 4) is 5.75 Å². The van der Waals surface area contributed by atoms with Crippen LogP contribution in [-0.4, -0.2) is 35.5 Å². The van der Waals surface area contributed by atoms with Crippen LogP contribution < -0.4 is 10.3 Å². The standard InChI is InChI=1S/C22H22N2O3/c25-21-19(14-17-6-4-5-9-20(17)23-21)22(26)24-12-10-16(11-13-24)15-27-18-7-2-1-3-8-18/h1-9,14,16H,10-13,15H2,(H,23,25). The van der Waals surface area contributed by atoms with E-state index in [0.717, 1.165) is 29.5 Å². The minimum absolute atomic E-state index is 0.190. The lowest BCUT2D eigenvalue weighted by Crippen LogP contribution is -2.41. The highest BCUT2D eigenvalue weighted by atomic mass is 16.5. The molecule has 3 aromatic rings. The van der Waals surface area contributed by atoms with Crippen molar-refractivity contribution in [1.29, 1.82) is 0 Å². The smallest absolute Gasteiger partial charge is 0.261 e. The van der Waals surface area contributed by atoms with Crippen LogP contribution in [0.5, 0.6) is 5.75 Å². The molecule has 1 amide bonds. The number of hydrogen-bond donors (Lipinski definition) is 1. The number of carbonyl (C=O) groups excluding carboxylic acids is 1. The van der Waals surface area contributed by atoms with Gasteiger partial charge >= 0.3 is 0 Å². The second-order valence-corrected chi connectivity index (χ2v) is 6.96. The van der Waals surface area contributed by atoms with E-state index >= 15 is 0 Å². The maximum absolute atomic E-state index is 12.8. The lowest BCUT2D eigenvalue weighted by molar-refractivity contribution is 0.0659. The van der Waals surface area contributed by atoms with Gasteiger partial charge in [0.25, 0.3) is 11.5 Å². The zero-order chi connectivity index (χ0) is 18.6. The zero-order valence-electron chi connectivity index (χ0n) is 15.1. The van der Waals surface area contributed by atoms with Crippen LogP contribution in [0.1, 0.15) is 23.2 Å². The molecule has 0 bridgehead atoms.